The maximum Gasteiger partial charge on any atom is 0.247 e. The van der Waals surface area contributed by atoms with Crippen molar-refractivity contribution in [1.82, 2.24) is 14.9 Å². The fraction of sp³-hybridized carbons (Fsp3) is 0.379. The number of aromatic nitrogens is 2. The molecule has 2 aromatic carbocycles. The van der Waals surface area contributed by atoms with Crippen LogP contribution in [0.1, 0.15) is 30.8 Å². The number of anilines is 1. The van der Waals surface area contributed by atoms with Crippen molar-refractivity contribution in [3.63, 3.8) is 0 Å². The zero-order valence-corrected chi connectivity index (χ0v) is 24.3. The maximum absolute atomic E-state index is 13.7. The lowest BCUT2D eigenvalue weighted by molar-refractivity contribution is -0.138. The number of carbonyl (C=O) groups excluding carboxylic acids is 2. The molecule has 0 spiro atoms. The van der Waals surface area contributed by atoms with E-state index >= 15 is 0 Å². The standard InChI is InChI=1S/C29H36N4O5S/c1-18(2)27(28(35)32-24-13-12-23(37-6)15-25(24)38-7)33(16-21-8-10-22(36-5)11-9-21)26(34)17-39-29-30-19(3)14-20(4)31-29/h8-15,18,27H,16-17H2,1-7H3,(H,32,35). The van der Waals surface area contributed by atoms with Crippen LogP contribution >= 0.6 is 11.8 Å². The second-order valence-electron chi connectivity index (χ2n) is 9.34. The lowest BCUT2D eigenvalue weighted by atomic mass is 10.00. The molecular formula is C29H36N4O5S. The minimum Gasteiger partial charge on any atom is -0.497 e. The molecule has 0 saturated carbocycles. The Kier molecular flexibility index (Phi) is 10.6. The van der Waals surface area contributed by atoms with Crippen LogP contribution < -0.4 is 19.5 Å². The normalized spacial score (nSPS) is 11.6. The first-order valence-corrected chi connectivity index (χ1v) is 13.5. The lowest BCUT2D eigenvalue weighted by Gasteiger charge is -2.34. The number of hydrogen-bond donors (Lipinski definition) is 1. The van der Waals surface area contributed by atoms with Gasteiger partial charge in [0.1, 0.15) is 23.3 Å². The molecular weight excluding hydrogens is 516 g/mol. The van der Waals surface area contributed by atoms with Crippen molar-refractivity contribution in [1.29, 1.82) is 0 Å². The molecule has 1 atom stereocenters. The lowest BCUT2D eigenvalue weighted by Crippen LogP contribution is -2.50. The van der Waals surface area contributed by atoms with E-state index in [0.717, 1.165) is 17.0 Å². The Balaban J connectivity index is 1.90. The molecule has 3 rings (SSSR count). The van der Waals surface area contributed by atoms with Crippen molar-refractivity contribution in [2.45, 2.75) is 45.4 Å². The zero-order valence-electron chi connectivity index (χ0n) is 23.5. The zero-order chi connectivity index (χ0) is 28.5. The van der Waals surface area contributed by atoms with Crippen LogP contribution in [0.25, 0.3) is 0 Å². The molecule has 9 nitrogen and oxygen atoms in total. The minimum absolute atomic E-state index is 0.0847. The predicted molar refractivity (Wildman–Crippen MR) is 153 cm³/mol. The van der Waals surface area contributed by atoms with Crippen LogP contribution in [0.5, 0.6) is 17.2 Å². The third kappa shape index (κ3) is 8.10. The van der Waals surface area contributed by atoms with Gasteiger partial charge in [-0.3, -0.25) is 9.59 Å². The Morgan fingerprint density at radius 2 is 1.51 bits per heavy atom. The van der Waals surface area contributed by atoms with Crippen molar-refractivity contribution in [2.24, 2.45) is 5.92 Å². The van der Waals surface area contributed by atoms with Crippen LogP contribution in [0.3, 0.4) is 0 Å². The maximum atomic E-state index is 13.7. The predicted octanol–water partition coefficient (Wildman–Crippen LogP) is 4.90. The summed E-state index contributed by atoms with van der Waals surface area (Å²) in [5, 5.41) is 3.48. The second-order valence-corrected chi connectivity index (χ2v) is 10.3. The van der Waals surface area contributed by atoms with Crippen LogP contribution in [-0.4, -0.2) is 59.8 Å². The molecule has 0 bridgehead atoms. The van der Waals surface area contributed by atoms with E-state index in [1.807, 2.05) is 58.0 Å². The highest BCUT2D eigenvalue weighted by atomic mass is 32.2. The summed E-state index contributed by atoms with van der Waals surface area (Å²) >= 11 is 1.26. The van der Waals surface area contributed by atoms with Crippen molar-refractivity contribution >= 4 is 29.3 Å². The molecule has 0 radical (unpaired) electrons. The summed E-state index contributed by atoms with van der Waals surface area (Å²) in [6.45, 7) is 7.87. The monoisotopic (exact) mass is 552 g/mol. The van der Waals surface area contributed by atoms with Gasteiger partial charge in [-0.15, -0.1) is 0 Å². The topological polar surface area (TPSA) is 103 Å². The summed E-state index contributed by atoms with van der Waals surface area (Å²) in [7, 11) is 4.69. The van der Waals surface area contributed by atoms with Crippen molar-refractivity contribution in [2.75, 3.05) is 32.4 Å². The van der Waals surface area contributed by atoms with E-state index in [4.69, 9.17) is 14.2 Å². The average molecular weight is 553 g/mol. The number of amides is 2. The van der Waals surface area contributed by atoms with Crippen molar-refractivity contribution < 1.29 is 23.8 Å². The molecule has 1 unspecified atom stereocenters. The summed E-state index contributed by atoms with van der Waals surface area (Å²) in [5.41, 5.74) is 3.03. The number of hydrogen-bond acceptors (Lipinski definition) is 8. The summed E-state index contributed by atoms with van der Waals surface area (Å²) in [4.78, 5) is 38.0. The number of benzene rings is 2. The van der Waals surface area contributed by atoms with Gasteiger partial charge in [0.05, 0.1) is 32.8 Å². The van der Waals surface area contributed by atoms with E-state index in [9.17, 15) is 9.59 Å². The molecule has 0 fully saturated rings. The van der Waals surface area contributed by atoms with E-state index < -0.39 is 6.04 Å². The van der Waals surface area contributed by atoms with Gasteiger partial charge in [0.25, 0.3) is 0 Å². The molecule has 10 heteroatoms. The van der Waals surface area contributed by atoms with Gasteiger partial charge in [-0.1, -0.05) is 37.7 Å². The van der Waals surface area contributed by atoms with Crippen LogP contribution in [-0.2, 0) is 16.1 Å². The van der Waals surface area contributed by atoms with Gasteiger partial charge in [-0.25, -0.2) is 9.97 Å². The Morgan fingerprint density at radius 1 is 0.897 bits per heavy atom. The summed E-state index contributed by atoms with van der Waals surface area (Å²) < 4.78 is 16.0. The molecule has 0 saturated heterocycles. The number of thioether (sulfide) groups is 1. The first-order chi connectivity index (χ1) is 18.6. The molecule has 0 aliphatic carbocycles. The molecule has 0 aliphatic rings. The van der Waals surface area contributed by atoms with Crippen LogP contribution in [0.2, 0.25) is 0 Å². The molecule has 1 heterocycles. The Bertz CT molecular complexity index is 1260. The fourth-order valence-corrected chi connectivity index (χ4v) is 4.98. The SMILES string of the molecule is COc1ccc(CN(C(=O)CSc2nc(C)cc(C)n2)C(C(=O)Nc2ccc(OC)cc2OC)C(C)C)cc1. The highest BCUT2D eigenvalue weighted by Gasteiger charge is 2.33. The molecule has 0 aliphatic heterocycles. The van der Waals surface area contributed by atoms with E-state index in [1.54, 1.807) is 37.3 Å². The molecule has 39 heavy (non-hydrogen) atoms. The third-order valence-corrected chi connectivity index (χ3v) is 6.85. The van der Waals surface area contributed by atoms with Crippen LogP contribution in [0, 0.1) is 19.8 Å². The average Bonchev–Trinajstić information content (AvgIpc) is 2.91. The molecule has 3 aromatic rings. The van der Waals surface area contributed by atoms with Gasteiger partial charge < -0.3 is 24.4 Å². The van der Waals surface area contributed by atoms with Gasteiger partial charge in [-0.05, 0) is 55.7 Å². The van der Waals surface area contributed by atoms with Crippen molar-refractivity contribution in [3.05, 3.63) is 65.5 Å². The smallest absolute Gasteiger partial charge is 0.247 e. The van der Waals surface area contributed by atoms with Crippen LogP contribution in [0.4, 0.5) is 5.69 Å². The number of methoxy groups -OCH3 is 3. The number of ether oxygens (including phenoxy) is 3. The summed E-state index contributed by atoms with van der Waals surface area (Å²) in [5.74, 6) is 1.16. The highest BCUT2D eigenvalue weighted by molar-refractivity contribution is 7.99. The summed E-state index contributed by atoms with van der Waals surface area (Å²) in [6.07, 6.45) is 0. The van der Waals surface area contributed by atoms with Gasteiger partial charge in [0, 0.05) is 24.0 Å². The Labute approximate surface area is 234 Å². The van der Waals surface area contributed by atoms with Gasteiger partial charge in [0.2, 0.25) is 11.8 Å². The van der Waals surface area contributed by atoms with Gasteiger partial charge in [0.15, 0.2) is 5.16 Å². The minimum atomic E-state index is -0.757. The quantitative estimate of drug-likeness (QED) is 0.250. The van der Waals surface area contributed by atoms with Crippen molar-refractivity contribution in [3.8, 4) is 17.2 Å². The van der Waals surface area contributed by atoms with E-state index in [2.05, 4.69) is 15.3 Å². The first-order valence-electron chi connectivity index (χ1n) is 12.6. The van der Waals surface area contributed by atoms with Crippen LogP contribution in [0.15, 0.2) is 53.7 Å². The van der Waals surface area contributed by atoms with E-state index in [-0.39, 0.29) is 30.0 Å². The number of nitrogens with one attached hydrogen (secondary N) is 1. The van der Waals surface area contributed by atoms with Gasteiger partial charge >= 0.3 is 0 Å². The highest BCUT2D eigenvalue weighted by Crippen LogP contribution is 2.30. The fourth-order valence-electron chi connectivity index (χ4n) is 4.15. The number of aryl methyl sites for hydroxylation is 2. The number of carbonyl (C=O) groups is 2. The van der Waals surface area contributed by atoms with E-state index in [0.29, 0.717) is 28.1 Å². The third-order valence-electron chi connectivity index (χ3n) is 6.02. The molecule has 1 N–H and O–H groups in total. The van der Waals surface area contributed by atoms with E-state index in [1.165, 1.54) is 18.9 Å². The molecule has 2 amide bonds. The first kappa shape index (κ1) is 29.8. The number of rotatable bonds is 12. The summed E-state index contributed by atoms with van der Waals surface area (Å²) in [6, 6.07) is 13.7. The number of nitrogens with zero attached hydrogens (tertiary/aromatic N) is 3. The Hall–Kier alpha value is -3.79. The van der Waals surface area contributed by atoms with Gasteiger partial charge in [-0.2, -0.15) is 0 Å². The second kappa shape index (κ2) is 13.8. The Morgan fingerprint density at radius 3 is 2.08 bits per heavy atom. The molecule has 1 aromatic heterocycles. The largest absolute Gasteiger partial charge is 0.497 e. The molecule has 208 valence electrons.